The SMILES string of the molecule is N#CC1=CC2=NC1=CC1=NC(=CC3=NC(=CC4=NC(=C2)C=C4)C=C3)C=C1. The summed E-state index contributed by atoms with van der Waals surface area (Å²) in [6, 6.07) is 2.19. The molecule has 0 aromatic carbocycles. The third-order valence-electron chi connectivity index (χ3n) is 4.16. The highest BCUT2D eigenvalue weighted by atomic mass is 14.8. The quantitative estimate of drug-likeness (QED) is 0.669. The molecule has 8 bridgehead atoms. The Labute approximate surface area is 149 Å². The predicted octanol–water partition coefficient (Wildman–Crippen LogP) is 3.47. The molecule has 5 heterocycles. The normalized spacial score (nSPS) is 21.9. The summed E-state index contributed by atoms with van der Waals surface area (Å²) in [6.45, 7) is 0. The van der Waals surface area contributed by atoms with Crippen LogP contribution in [-0.4, -0.2) is 22.8 Å². The van der Waals surface area contributed by atoms with Crippen LogP contribution >= 0.6 is 0 Å². The van der Waals surface area contributed by atoms with E-state index in [0.29, 0.717) is 17.0 Å². The summed E-state index contributed by atoms with van der Waals surface area (Å²) in [7, 11) is 0. The van der Waals surface area contributed by atoms with Gasteiger partial charge in [0.1, 0.15) is 6.07 Å². The molecule has 0 atom stereocenters. The number of nitriles is 1. The van der Waals surface area contributed by atoms with E-state index in [2.05, 4.69) is 26.0 Å². The van der Waals surface area contributed by atoms with E-state index in [1.165, 1.54) is 0 Å². The van der Waals surface area contributed by atoms with Crippen molar-refractivity contribution in [2.75, 3.05) is 0 Å². The molecule has 5 nitrogen and oxygen atoms in total. The van der Waals surface area contributed by atoms with E-state index in [0.717, 1.165) is 34.2 Å². The molecular formula is C21H11N5. The van der Waals surface area contributed by atoms with Gasteiger partial charge in [-0.1, -0.05) is 0 Å². The molecule has 0 aromatic heterocycles. The number of nitrogens with zero attached hydrogens (tertiary/aromatic N) is 5. The number of allylic oxidation sites excluding steroid dienone is 12. The summed E-state index contributed by atoms with van der Waals surface area (Å²) in [5.74, 6) is 0. The highest BCUT2D eigenvalue weighted by Gasteiger charge is 2.16. The summed E-state index contributed by atoms with van der Waals surface area (Å²) in [5, 5.41) is 9.39. The van der Waals surface area contributed by atoms with Crippen molar-refractivity contribution in [2.45, 2.75) is 0 Å². The zero-order valence-electron chi connectivity index (χ0n) is 13.6. The second-order valence-electron chi connectivity index (χ2n) is 6.05. The lowest BCUT2D eigenvalue weighted by atomic mass is 10.1. The minimum absolute atomic E-state index is 0.523. The van der Waals surface area contributed by atoms with Crippen molar-refractivity contribution in [1.82, 2.24) is 0 Å². The maximum absolute atomic E-state index is 9.39. The van der Waals surface area contributed by atoms with E-state index in [1.807, 2.05) is 60.8 Å². The van der Waals surface area contributed by atoms with Gasteiger partial charge in [-0.25, -0.2) is 20.0 Å². The lowest BCUT2D eigenvalue weighted by Gasteiger charge is -1.94. The number of hydrogen-bond acceptors (Lipinski definition) is 5. The van der Waals surface area contributed by atoms with E-state index in [1.54, 1.807) is 6.08 Å². The van der Waals surface area contributed by atoms with Gasteiger partial charge in [-0.05, 0) is 66.8 Å². The van der Waals surface area contributed by atoms with Crippen LogP contribution in [0.3, 0.4) is 0 Å². The van der Waals surface area contributed by atoms with Crippen molar-refractivity contribution in [1.29, 1.82) is 5.26 Å². The van der Waals surface area contributed by atoms with Gasteiger partial charge in [-0.2, -0.15) is 5.26 Å². The maximum Gasteiger partial charge on any atom is 0.101 e. The summed E-state index contributed by atoms with van der Waals surface area (Å²) < 4.78 is 0. The highest BCUT2D eigenvalue weighted by molar-refractivity contribution is 6.15. The Balaban J connectivity index is 1.67. The molecule has 0 amide bonds. The number of hydrogen-bond donors (Lipinski definition) is 0. The van der Waals surface area contributed by atoms with Crippen LogP contribution in [0, 0.1) is 11.3 Å². The minimum Gasteiger partial charge on any atom is -0.249 e. The van der Waals surface area contributed by atoms with Crippen molar-refractivity contribution >= 4 is 22.8 Å². The lowest BCUT2D eigenvalue weighted by Crippen LogP contribution is -1.89. The van der Waals surface area contributed by atoms with Crippen molar-refractivity contribution in [3.8, 4) is 6.07 Å². The Morgan fingerprint density at radius 3 is 1.58 bits per heavy atom. The highest BCUT2D eigenvalue weighted by Crippen LogP contribution is 2.23. The lowest BCUT2D eigenvalue weighted by molar-refractivity contribution is 1.37. The summed E-state index contributed by atoms with van der Waals surface area (Å²) in [6.07, 6.45) is 20.9. The first-order chi connectivity index (χ1) is 12.7. The molecule has 5 heteroatoms. The van der Waals surface area contributed by atoms with Gasteiger partial charge in [0.25, 0.3) is 0 Å². The molecule has 0 saturated carbocycles. The van der Waals surface area contributed by atoms with Crippen LogP contribution in [0.4, 0.5) is 0 Å². The van der Waals surface area contributed by atoms with E-state index < -0.39 is 0 Å². The Bertz CT molecular complexity index is 1160. The van der Waals surface area contributed by atoms with Crippen molar-refractivity contribution in [3.05, 3.63) is 95.2 Å². The molecule has 0 fully saturated rings. The zero-order chi connectivity index (χ0) is 17.5. The second-order valence-corrected chi connectivity index (χ2v) is 6.05. The molecule has 0 aromatic rings. The average molecular weight is 333 g/mol. The topological polar surface area (TPSA) is 73.2 Å². The molecule has 0 aliphatic carbocycles. The van der Waals surface area contributed by atoms with Crippen LogP contribution in [0.1, 0.15) is 0 Å². The number of rotatable bonds is 0. The summed E-state index contributed by atoms with van der Waals surface area (Å²) in [4.78, 5) is 18.2. The van der Waals surface area contributed by atoms with Gasteiger partial charge in [0.2, 0.25) is 0 Å². The first-order valence-corrected chi connectivity index (χ1v) is 8.13. The minimum atomic E-state index is 0.523. The molecule has 0 unspecified atom stereocenters. The molecule has 26 heavy (non-hydrogen) atoms. The molecular weight excluding hydrogens is 322 g/mol. The van der Waals surface area contributed by atoms with Crippen molar-refractivity contribution in [3.63, 3.8) is 0 Å². The van der Waals surface area contributed by atoms with Crippen LogP contribution < -0.4 is 0 Å². The van der Waals surface area contributed by atoms with E-state index >= 15 is 0 Å². The average Bonchev–Trinajstić information content (AvgIpc) is 3.39. The molecule has 0 spiro atoms. The summed E-state index contributed by atoms with van der Waals surface area (Å²) in [5.41, 5.74) is 6.75. The molecule has 0 radical (unpaired) electrons. The first-order valence-electron chi connectivity index (χ1n) is 8.13. The Hall–Kier alpha value is -3.91. The van der Waals surface area contributed by atoms with Crippen LogP contribution in [0.15, 0.2) is 115 Å². The monoisotopic (exact) mass is 333 g/mol. The largest absolute Gasteiger partial charge is 0.249 e. The van der Waals surface area contributed by atoms with Gasteiger partial charge in [-0.3, -0.25) is 0 Å². The molecule has 5 aliphatic heterocycles. The molecule has 120 valence electrons. The van der Waals surface area contributed by atoms with E-state index in [9.17, 15) is 5.26 Å². The van der Waals surface area contributed by atoms with Crippen LogP contribution in [0.25, 0.3) is 0 Å². The third-order valence-corrected chi connectivity index (χ3v) is 4.16. The standard InChI is InChI=1S/C21H11N5/c22-12-13-7-20-10-18-4-3-16(24-18)8-14-1-2-15(23-14)9-17-5-6-19(25-17)11-21(13)26-20/h1-11H. The molecule has 0 saturated heterocycles. The molecule has 0 N–H and O–H groups in total. The van der Waals surface area contributed by atoms with Gasteiger partial charge >= 0.3 is 0 Å². The fourth-order valence-corrected chi connectivity index (χ4v) is 2.99. The van der Waals surface area contributed by atoms with Gasteiger partial charge in [-0.15, -0.1) is 0 Å². The van der Waals surface area contributed by atoms with E-state index in [-0.39, 0.29) is 0 Å². The summed E-state index contributed by atoms with van der Waals surface area (Å²) >= 11 is 0. The van der Waals surface area contributed by atoms with Gasteiger partial charge in [0.15, 0.2) is 0 Å². The van der Waals surface area contributed by atoms with Crippen molar-refractivity contribution in [2.24, 2.45) is 20.0 Å². The Morgan fingerprint density at radius 2 is 1.04 bits per heavy atom. The fourth-order valence-electron chi connectivity index (χ4n) is 2.99. The van der Waals surface area contributed by atoms with Crippen molar-refractivity contribution < 1.29 is 0 Å². The maximum atomic E-state index is 9.39. The van der Waals surface area contributed by atoms with Crippen LogP contribution in [-0.2, 0) is 0 Å². The van der Waals surface area contributed by atoms with Gasteiger partial charge in [0.05, 0.1) is 51.2 Å². The number of aliphatic imine (C=N–C) groups is 4. The van der Waals surface area contributed by atoms with Crippen LogP contribution in [0.2, 0.25) is 0 Å². The van der Waals surface area contributed by atoms with Gasteiger partial charge < -0.3 is 0 Å². The smallest absolute Gasteiger partial charge is 0.101 e. The van der Waals surface area contributed by atoms with Crippen LogP contribution in [0.5, 0.6) is 0 Å². The Kier molecular flexibility index (Phi) is 3.09. The number of fused-ring (bicyclic) bond motifs is 4. The molecule has 5 rings (SSSR count). The predicted molar refractivity (Wildman–Crippen MR) is 103 cm³/mol. The second kappa shape index (κ2) is 5.57. The van der Waals surface area contributed by atoms with E-state index in [4.69, 9.17) is 0 Å². The zero-order valence-corrected chi connectivity index (χ0v) is 13.6. The third kappa shape index (κ3) is 2.60. The Morgan fingerprint density at radius 1 is 0.538 bits per heavy atom. The first kappa shape index (κ1) is 14.4. The molecule has 5 aliphatic rings. The fraction of sp³-hybridized carbons (Fsp3) is 0. The van der Waals surface area contributed by atoms with Gasteiger partial charge in [0, 0.05) is 0 Å².